The van der Waals surface area contributed by atoms with Gasteiger partial charge in [0.05, 0.1) is 35.9 Å². The lowest BCUT2D eigenvalue weighted by atomic mass is 10.2. The predicted octanol–water partition coefficient (Wildman–Crippen LogP) is 5.23. The van der Waals surface area contributed by atoms with Crippen LogP contribution in [0.5, 0.6) is 5.75 Å². The van der Waals surface area contributed by atoms with E-state index in [1.54, 1.807) is 4.57 Å². The quantitative estimate of drug-likeness (QED) is 0.254. The third-order valence-electron chi connectivity index (χ3n) is 5.88. The zero-order chi connectivity index (χ0) is 23.5. The summed E-state index contributed by atoms with van der Waals surface area (Å²) in [4.78, 5) is 22.8. The van der Waals surface area contributed by atoms with E-state index < -0.39 is 0 Å². The number of aryl methyl sites for hydroxylation is 1. The fraction of sp³-hybridized carbons (Fsp3) is 0.346. The molecule has 1 aliphatic heterocycles. The summed E-state index contributed by atoms with van der Waals surface area (Å²) in [5.41, 5.74) is 2.39. The van der Waals surface area contributed by atoms with Gasteiger partial charge < -0.3 is 13.9 Å². The Kier molecular flexibility index (Phi) is 6.69. The van der Waals surface area contributed by atoms with Crippen LogP contribution in [0.3, 0.4) is 0 Å². The van der Waals surface area contributed by atoms with Crippen LogP contribution in [0.1, 0.15) is 31.2 Å². The number of oxazole rings is 1. The Labute approximate surface area is 202 Å². The molecule has 0 bridgehead atoms. The highest BCUT2D eigenvalue weighted by molar-refractivity contribution is 7.98. The van der Waals surface area contributed by atoms with Crippen molar-refractivity contribution in [2.45, 2.75) is 50.2 Å². The van der Waals surface area contributed by atoms with E-state index in [-0.39, 0.29) is 11.7 Å². The molecule has 0 N–H and O–H groups in total. The number of aromatic nitrogens is 3. The normalized spacial score (nSPS) is 15.8. The minimum absolute atomic E-state index is 0.0319. The summed E-state index contributed by atoms with van der Waals surface area (Å²) in [5, 5.41) is 1.30. The Hall–Kier alpha value is -3.10. The number of para-hydroxylation sites is 1. The van der Waals surface area contributed by atoms with E-state index in [2.05, 4.69) is 0 Å². The van der Waals surface area contributed by atoms with Crippen LogP contribution in [-0.2, 0) is 17.0 Å². The molecule has 0 spiro atoms. The lowest BCUT2D eigenvalue weighted by Crippen LogP contribution is -2.28. The molecule has 34 heavy (non-hydrogen) atoms. The molecular weight excluding hydrogens is 450 g/mol. The van der Waals surface area contributed by atoms with Crippen molar-refractivity contribution in [3.63, 3.8) is 0 Å². The van der Waals surface area contributed by atoms with Gasteiger partial charge in [-0.2, -0.15) is 0 Å². The number of ether oxygens (including phenoxy) is 2. The standard InChI is InChI=1S/C26H27N3O4S/c1-3-31-19-12-10-18(11-13-19)24-27-23(17(2)33-24)16-34-26-28-22-9-5-4-8-21(22)25(30)29(26)15-20-7-6-14-32-20/h4-5,8-13,20H,3,6-7,14-16H2,1-2H3/t20-/m1/s1. The zero-order valence-electron chi connectivity index (χ0n) is 19.3. The SMILES string of the molecule is CCOc1ccc(-c2nc(CSc3nc4ccccc4c(=O)n3C[C@H]3CCCO3)c(C)o2)cc1. The van der Waals surface area contributed by atoms with Gasteiger partial charge in [0.2, 0.25) is 5.89 Å². The van der Waals surface area contributed by atoms with Crippen LogP contribution in [0.25, 0.3) is 22.4 Å². The molecule has 0 aliphatic carbocycles. The van der Waals surface area contributed by atoms with Crippen LogP contribution in [0.4, 0.5) is 0 Å². The number of hydrogen-bond donors (Lipinski definition) is 0. The highest BCUT2D eigenvalue weighted by Crippen LogP contribution is 2.29. The van der Waals surface area contributed by atoms with Crippen molar-refractivity contribution in [1.82, 2.24) is 14.5 Å². The van der Waals surface area contributed by atoms with Crippen molar-refractivity contribution in [3.8, 4) is 17.2 Å². The van der Waals surface area contributed by atoms with Crippen molar-refractivity contribution in [1.29, 1.82) is 0 Å². The largest absolute Gasteiger partial charge is 0.494 e. The molecule has 1 atom stereocenters. The number of nitrogens with zero attached hydrogens (tertiary/aromatic N) is 3. The van der Waals surface area contributed by atoms with Crippen molar-refractivity contribution in [2.75, 3.05) is 13.2 Å². The van der Waals surface area contributed by atoms with Gasteiger partial charge in [-0.1, -0.05) is 23.9 Å². The number of rotatable bonds is 8. The van der Waals surface area contributed by atoms with Crippen LogP contribution >= 0.6 is 11.8 Å². The number of fused-ring (bicyclic) bond motifs is 1. The Bertz CT molecular complexity index is 1340. The third kappa shape index (κ3) is 4.74. The van der Waals surface area contributed by atoms with Crippen LogP contribution in [0, 0.1) is 6.92 Å². The van der Waals surface area contributed by atoms with Crippen LogP contribution < -0.4 is 10.3 Å². The van der Waals surface area contributed by atoms with Gasteiger partial charge in [0.25, 0.3) is 5.56 Å². The van der Waals surface area contributed by atoms with Gasteiger partial charge in [-0.25, -0.2) is 9.97 Å². The first-order valence-corrected chi connectivity index (χ1v) is 12.5. The molecule has 0 amide bonds. The van der Waals surface area contributed by atoms with Crippen LogP contribution in [-0.4, -0.2) is 33.9 Å². The second-order valence-corrected chi connectivity index (χ2v) is 9.17. The van der Waals surface area contributed by atoms with E-state index in [1.165, 1.54) is 11.8 Å². The van der Waals surface area contributed by atoms with Crippen LogP contribution in [0.15, 0.2) is 62.9 Å². The molecule has 3 heterocycles. The Morgan fingerprint density at radius 1 is 1.15 bits per heavy atom. The summed E-state index contributed by atoms with van der Waals surface area (Å²) < 4.78 is 19.0. The van der Waals surface area contributed by atoms with E-state index in [0.29, 0.717) is 40.9 Å². The number of benzene rings is 2. The minimum atomic E-state index is -0.0319. The predicted molar refractivity (Wildman–Crippen MR) is 132 cm³/mol. The topological polar surface area (TPSA) is 79.4 Å². The molecule has 1 fully saturated rings. The molecule has 0 unspecified atom stereocenters. The molecule has 1 aliphatic rings. The van der Waals surface area contributed by atoms with Gasteiger partial charge >= 0.3 is 0 Å². The highest BCUT2D eigenvalue weighted by atomic mass is 32.2. The number of hydrogen-bond acceptors (Lipinski definition) is 7. The molecule has 5 rings (SSSR count). The monoisotopic (exact) mass is 477 g/mol. The lowest BCUT2D eigenvalue weighted by Gasteiger charge is -2.16. The zero-order valence-corrected chi connectivity index (χ0v) is 20.1. The van der Waals surface area contributed by atoms with E-state index in [1.807, 2.05) is 62.4 Å². The van der Waals surface area contributed by atoms with Crippen molar-refractivity contribution in [2.24, 2.45) is 0 Å². The molecule has 176 valence electrons. The summed E-state index contributed by atoms with van der Waals surface area (Å²) >= 11 is 1.50. The molecule has 4 aromatic rings. The molecule has 0 saturated carbocycles. The van der Waals surface area contributed by atoms with Gasteiger partial charge in [-0.15, -0.1) is 0 Å². The second kappa shape index (κ2) is 10.0. The fourth-order valence-corrected chi connectivity index (χ4v) is 5.10. The molecule has 7 nitrogen and oxygen atoms in total. The number of thioether (sulfide) groups is 1. The maximum Gasteiger partial charge on any atom is 0.262 e. The van der Waals surface area contributed by atoms with E-state index in [9.17, 15) is 4.79 Å². The summed E-state index contributed by atoms with van der Waals surface area (Å²) in [6.45, 7) is 5.75. The van der Waals surface area contributed by atoms with Gasteiger partial charge in [0, 0.05) is 17.9 Å². The first kappa shape index (κ1) is 22.7. The van der Waals surface area contributed by atoms with E-state index >= 15 is 0 Å². The molecule has 1 saturated heterocycles. The highest BCUT2D eigenvalue weighted by Gasteiger charge is 2.21. The average molecular weight is 478 g/mol. The van der Waals surface area contributed by atoms with E-state index in [0.717, 1.165) is 42.2 Å². The second-order valence-electron chi connectivity index (χ2n) is 8.23. The van der Waals surface area contributed by atoms with Gasteiger partial charge in [0.15, 0.2) is 5.16 Å². The minimum Gasteiger partial charge on any atom is -0.494 e. The smallest absolute Gasteiger partial charge is 0.262 e. The van der Waals surface area contributed by atoms with Crippen molar-refractivity contribution < 1.29 is 13.9 Å². The summed E-state index contributed by atoms with van der Waals surface area (Å²) in [7, 11) is 0. The molecule has 2 aromatic heterocycles. The van der Waals surface area contributed by atoms with E-state index in [4.69, 9.17) is 23.9 Å². The van der Waals surface area contributed by atoms with Crippen molar-refractivity contribution >= 4 is 22.7 Å². The Morgan fingerprint density at radius 2 is 1.97 bits per heavy atom. The maximum absolute atomic E-state index is 13.3. The van der Waals surface area contributed by atoms with Crippen LogP contribution in [0.2, 0.25) is 0 Å². The summed E-state index contributed by atoms with van der Waals surface area (Å²) in [5.74, 6) is 2.68. The summed E-state index contributed by atoms with van der Waals surface area (Å²) in [6, 6.07) is 15.2. The Morgan fingerprint density at radius 3 is 2.74 bits per heavy atom. The first-order valence-electron chi connectivity index (χ1n) is 11.6. The summed E-state index contributed by atoms with van der Waals surface area (Å²) in [6.07, 6.45) is 2.02. The fourth-order valence-electron chi connectivity index (χ4n) is 4.09. The Balaban J connectivity index is 1.40. The molecular formula is C26H27N3O4S. The molecule has 2 aromatic carbocycles. The lowest BCUT2D eigenvalue weighted by molar-refractivity contribution is 0.0937. The average Bonchev–Trinajstić information content (AvgIpc) is 3.50. The molecule has 0 radical (unpaired) electrons. The molecule has 8 heteroatoms. The first-order chi connectivity index (χ1) is 16.6. The van der Waals surface area contributed by atoms with Gasteiger partial charge in [-0.05, 0) is 63.1 Å². The van der Waals surface area contributed by atoms with Gasteiger partial charge in [0.1, 0.15) is 11.5 Å². The van der Waals surface area contributed by atoms with Gasteiger partial charge in [-0.3, -0.25) is 9.36 Å². The maximum atomic E-state index is 13.3. The third-order valence-corrected chi connectivity index (χ3v) is 6.87. The van der Waals surface area contributed by atoms with Crippen molar-refractivity contribution in [3.05, 3.63) is 70.3 Å².